The smallest absolute Gasteiger partial charge is 0.270 e. The molecule has 0 bridgehead atoms. The van der Waals surface area contributed by atoms with Crippen molar-refractivity contribution in [3.8, 4) is 0 Å². The van der Waals surface area contributed by atoms with Crippen molar-refractivity contribution in [2.75, 3.05) is 19.6 Å². The zero-order valence-corrected chi connectivity index (χ0v) is 13.9. The van der Waals surface area contributed by atoms with E-state index in [-0.39, 0.29) is 11.9 Å². The SMILES string of the molecule is CCN(CC)C[C@@H](C)NC(=O)c1c(Br)c(C)nn1C. The van der Waals surface area contributed by atoms with Crippen molar-refractivity contribution in [3.05, 3.63) is 15.9 Å². The molecular formula is C13H23BrN4O. The van der Waals surface area contributed by atoms with E-state index in [1.54, 1.807) is 11.7 Å². The fourth-order valence-electron chi connectivity index (χ4n) is 2.09. The van der Waals surface area contributed by atoms with Crippen LogP contribution in [0.2, 0.25) is 0 Å². The van der Waals surface area contributed by atoms with Crippen molar-refractivity contribution < 1.29 is 4.79 Å². The Hall–Kier alpha value is -0.880. The van der Waals surface area contributed by atoms with Gasteiger partial charge in [0.1, 0.15) is 5.69 Å². The predicted molar refractivity (Wildman–Crippen MR) is 80.4 cm³/mol. The van der Waals surface area contributed by atoms with E-state index in [1.165, 1.54) is 0 Å². The van der Waals surface area contributed by atoms with Gasteiger partial charge in [0.05, 0.1) is 10.2 Å². The molecule has 0 radical (unpaired) electrons. The average molecular weight is 331 g/mol. The molecule has 0 aliphatic rings. The molecule has 19 heavy (non-hydrogen) atoms. The summed E-state index contributed by atoms with van der Waals surface area (Å²) in [5.41, 5.74) is 1.40. The highest BCUT2D eigenvalue weighted by Gasteiger charge is 2.20. The zero-order valence-electron chi connectivity index (χ0n) is 12.3. The highest BCUT2D eigenvalue weighted by atomic mass is 79.9. The minimum absolute atomic E-state index is 0.0883. The minimum atomic E-state index is -0.0883. The molecule has 0 unspecified atom stereocenters. The first kappa shape index (κ1) is 16.2. The molecule has 1 rings (SSSR count). The summed E-state index contributed by atoms with van der Waals surface area (Å²) in [6, 6.07) is 0.106. The lowest BCUT2D eigenvalue weighted by molar-refractivity contribution is 0.0920. The largest absolute Gasteiger partial charge is 0.347 e. The van der Waals surface area contributed by atoms with Crippen LogP contribution < -0.4 is 5.32 Å². The van der Waals surface area contributed by atoms with E-state index in [0.29, 0.717) is 5.69 Å². The molecule has 1 N–H and O–H groups in total. The van der Waals surface area contributed by atoms with E-state index in [1.807, 2.05) is 13.8 Å². The van der Waals surface area contributed by atoms with Gasteiger partial charge in [-0.3, -0.25) is 9.48 Å². The third kappa shape index (κ3) is 4.04. The molecule has 0 aromatic carbocycles. The number of aromatic nitrogens is 2. The molecule has 6 heteroatoms. The molecule has 0 spiro atoms. The Kier molecular flexibility index (Phi) is 6.00. The highest BCUT2D eigenvalue weighted by molar-refractivity contribution is 9.10. The fourth-order valence-corrected chi connectivity index (χ4v) is 2.60. The van der Waals surface area contributed by atoms with Gasteiger partial charge in [0.15, 0.2) is 0 Å². The lowest BCUT2D eigenvalue weighted by Crippen LogP contribution is -2.42. The van der Waals surface area contributed by atoms with Gasteiger partial charge in [-0.25, -0.2) is 0 Å². The van der Waals surface area contributed by atoms with Crippen LogP contribution in [0.1, 0.15) is 37.0 Å². The Morgan fingerprint density at radius 3 is 2.47 bits per heavy atom. The second kappa shape index (κ2) is 7.05. The number of halogens is 1. The summed E-state index contributed by atoms with van der Waals surface area (Å²) >= 11 is 3.42. The van der Waals surface area contributed by atoms with Crippen molar-refractivity contribution in [3.63, 3.8) is 0 Å². The second-order valence-corrected chi connectivity index (χ2v) is 5.52. The number of nitrogens with one attached hydrogen (secondary N) is 1. The van der Waals surface area contributed by atoms with Crippen molar-refractivity contribution in [1.82, 2.24) is 20.0 Å². The average Bonchev–Trinajstić information content (AvgIpc) is 2.60. The Bertz CT molecular complexity index is 440. The van der Waals surface area contributed by atoms with Crippen molar-refractivity contribution in [2.45, 2.75) is 33.7 Å². The van der Waals surface area contributed by atoms with Gasteiger partial charge >= 0.3 is 0 Å². The molecule has 0 fully saturated rings. The van der Waals surface area contributed by atoms with Crippen LogP contribution >= 0.6 is 15.9 Å². The monoisotopic (exact) mass is 330 g/mol. The first-order valence-electron chi connectivity index (χ1n) is 6.62. The number of carbonyl (C=O) groups excluding carboxylic acids is 1. The molecule has 0 saturated heterocycles. The van der Waals surface area contributed by atoms with Gasteiger partial charge in [-0.1, -0.05) is 13.8 Å². The summed E-state index contributed by atoms with van der Waals surface area (Å²) < 4.78 is 2.38. The topological polar surface area (TPSA) is 50.2 Å². The van der Waals surface area contributed by atoms with Crippen LogP contribution in [0.25, 0.3) is 0 Å². The molecule has 1 amide bonds. The molecule has 108 valence electrons. The van der Waals surface area contributed by atoms with Gasteiger partial charge in [0, 0.05) is 19.6 Å². The van der Waals surface area contributed by atoms with E-state index >= 15 is 0 Å². The Balaban J connectivity index is 2.69. The van der Waals surface area contributed by atoms with Crippen molar-refractivity contribution >= 4 is 21.8 Å². The summed E-state index contributed by atoms with van der Waals surface area (Å²) in [7, 11) is 1.78. The van der Waals surface area contributed by atoms with E-state index < -0.39 is 0 Å². The zero-order chi connectivity index (χ0) is 14.6. The van der Waals surface area contributed by atoms with Crippen LogP contribution in [0.4, 0.5) is 0 Å². The number of hydrogen-bond donors (Lipinski definition) is 1. The van der Waals surface area contributed by atoms with Crippen LogP contribution in [-0.4, -0.2) is 46.3 Å². The van der Waals surface area contributed by atoms with Crippen molar-refractivity contribution in [1.29, 1.82) is 0 Å². The van der Waals surface area contributed by atoms with Crippen LogP contribution in [0, 0.1) is 6.92 Å². The molecule has 5 nitrogen and oxygen atoms in total. The Morgan fingerprint density at radius 2 is 2.05 bits per heavy atom. The summed E-state index contributed by atoms with van der Waals surface area (Å²) in [6.45, 7) is 11.0. The van der Waals surface area contributed by atoms with Crippen LogP contribution in [0.3, 0.4) is 0 Å². The minimum Gasteiger partial charge on any atom is -0.347 e. The first-order chi connectivity index (χ1) is 8.90. The lowest BCUT2D eigenvalue weighted by atomic mass is 10.2. The Morgan fingerprint density at radius 1 is 1.47 bits per heavy atom. The number of rotatable bonds is 6. The number of likely N-dealkylation sites (N-methyl/N-ethyl adjacent to an activating group) is 1. The fraction of sp³-hybridized carbons (Fsp3) is 0.692. The van der Waals surface area contributed by atoms with Gasteiger partial charge in [0.2, 0.25) is 0 Å². The van der Waals surface area contributed by atoms with Gasteiger partial charge in [-0.15, -0.1) is 0 Å². The number of amides is 1. The second-order valence-electron chi connectivity index (χ2n) is 4.73. The summed E-state index contributed by atoms with van der Waals surface area (Å²) in [5.74, 6) is -0.0883. The van der Waals surface area contributed by atoms with Crippen LogP contribution in [0.5, 0.6) is 0 Å². The van der Waals surface area contributed by atoms with Gasteiger partial charge in [-0.2, -0.15) is 5.10 Å². The molecule has 1 atom stereocenters. The maximum Gasteiger partial charge on any atom is 0.270 e. The third-order valence-corrected chi connectivity index (χ3v) is 4.12. The third-order valence-electron chi connectivity index (χ3n) is 3.17. The van der Waals surface area contributed by atoms with Crippen LogP contribution in [-0.2, 0) is 7.05 Å². The van der Waals surface area contributed by atoms with Crippen LogP contribution in [0.15, 0.2) is 4.47 Å². The maximum absolute atomic E-state index is 12.2. The summed E-state index contributed by atoms with van der Waals surface area (Å²) in [4.78, 5) is 14.5. The first-order valence-corrected chi connectivity index (χ1v) is 7.42. The lowest BCUT2D eigenvalue weighted by Gasteiger charge is -2.23. The van der Waals surface area contributed by atoms with E-state index in [9.17, 15) is 4.79 Å². The predicted octanol–water partition coefficient (Wildman–Crippen LogP) is 1.95. The van der Waals surface area contributed by atoms with Crippen molar-refractivity contribution in [2.24, 2.45) is 7.05 Å². The van der Waals surface area contributed by atoms with Gasteiger partial charge in [-0.05, 0) is 42.9 Å². The number of carbonyl (C=O) groups is 1. The Labute approximate surface area is 123 Å². The van der Waals surface area contributed by atoms with Gasteiger partial charge < -0.3 is 10.2 Å². The van der Waals surface area contributed by atoms with Gasteiger partial charge in [0.25, 0.3) is 5.91 Å². The number of aryl methyl sites for hydroxylation is 2. The number of nitrogens with zero attached hydrogens (tertiary/aromatic N) is 3. The molecule has 0 aliphatic heterocycles. The maximum atomic E-state index is 12.2. The quantitative estimate of drug-likeness (QED) is 0.867. The molecular weight excluding hydrogens is 308 g/mol. The van der Waals surface area contributed by atoms with E-state index in [4.69, 9.17) is 0 Å². The molecule has 1 aromatic heterocycles. The molecule has 0 saturated carbocycles. The highest BCUT2D eigenvalue weighted by Crippen LogP contribution is 2.20. The van der Waals surface area contributed by atoms with E-state index in [2.05, 4.69) is 45.1 Å². The standard InChI is InChI=1S/C13H23BrN4O/c1-6-18(7-2)8-9(3)15-13(19)12-11(14)10(4)16-17(12)5/h9H,6-8H2,1-5H3,(H,15,19)/t9-/m1/s1. The molecule has 0 aliphatic carbocycles. The molecule has 1 heterocycles. The summed E-state index contributed by atoms with van der Waals surface area (Å²) in [6.07, 6.45) is 0. The number of hydrogen-bond acceptors (Lipinski definition) is 3. The molecule has 1 aromatic rings. The summed E-state index contributed by atoms with van der Waals surface area (Å²) in [5, 5.41) is 7.25. The van der Waals surface area contributed by atoms with E-state index in [0.717, 1.165) is 29.8 Å². The normalized spacial score (nSPS) is 12.8.